The molecular formula is C24H23N7O2. The normalized spacial score (nSPS) is 16.7. The molecule has 4 heterocycles. The van der Waals surface area contributed by atoms with Crippen molar-refractivity contribution in [2.45, 2.75) is 32.2 Å². The van der Waals surface area contributed by atoms with Crippen molar-refractivity contribution in [1.29, 1.82) is 5.26 Å². The number of likely N-dealkylation sites (tertiary alicyclic amines) is 1. The zero-order valence-electron chi connectivity index (χ0n) is 18.2. The molecule has 1 saturated heterocycles. The monoisotopic (exact) mass is 441 g/mol. The van der Waals surface area contributed by atoms with Crippen molar-refractivity contribution < 1.29 is 9.59 Å². The van der Waals surface area contributed by atoms with Crippen molar-refractivity contribution >= 4 is 28.6 Å². The molecule has 2 amide bonds. The molecule has 2 aliphatic rings. The summed E-state index contributed by atoms with van der Waals surface area (Å²) in [6.45, 7) is 2.44. The first-order valence-electron chi connectivity index (χ1n) is 11.0. The molecule has 2 N–H and O–H groups in total. The Kier molecular flexibility index (Phi) is 5.34. The molecule has 3 aromatic rings. The molecule has 0 unspecified atom stereocenters. The summed E-state index contributed by atoms with van der Waals surface area (Å²) >= 11 is 0. The fraction of sp³-hybridized carbons (Fsp3) is 0.333. The Bertz CT molecular complexity index is 1310. The number of rotatable bonds is 5. The molecule has 0 bridgehead atoms. The second-order valence-electron chi connectivity index (χ2n) is 8.47. The molecule has 0 aromatic carbocycles. The lowest BCUT2D eigenvalue weighted by atomic mass is 10.0. The third-order valence-electron chi connectivity index (χ3n) is 6.15. The van der Waals surface area contributed by atoms with Gasteiger partial charge >= 0.3 is 0 Å². The number of fused-ring (bicyclic) bond motifs is 1. The number of nitriles is 1. The Labute approximate surface area is 190 Å². The molecule has 1 atom stereocenters. The molecule has 0 spiro atoms. The molecule has 9 nitrogen and oxygen atoms in total. The first-order valence-corrected chi connectivity index (χ1v) is 11.0. The Morgan fingerprint density at radius 2 is 2.15 bits per heavy atom. The van der Waals surface area contributed by atoms with E-state index in [0.29, 0.717) is 41.2 Å². The summed E-state index contributed by atoms with van der Waals surface area (Å²) in [5, 5.41) is 11.6. The van der Waals surface area contributed by atoms with Gasteiger partial charge in [-0.1, -0.05) is 6.08 Å². The lowest BCUT2D eigenvalue weighted by Crippen LogP contribution is -2.55. The van der Waals surface area contributed by atoms with E-state index in [2.05, 4.69) is 37.4 Å². The molecule has 1 fully saturated rings. The van der Waals surface area contributed by atoms with Crippen LogP contribution in [0.5, 0.6) is 0 Å². The van der Waals surface area contributed by atoms with Gasteiger partial charge in [0.15, 0.2) is 5.65 Å². The Morgan fingerprint density at radius 1 is 1.30 bits per heavy atom. The van der Waals surface area contributed by atoms with Crippen molar-refractivity contribution in [3.8, 4) is 17.5 Å². The van der Waals surface area contributed by atoms with E-state index in [1.54, 1.807) is 30.4 Å². The molecule has 3 aromatic heterocycles. The summed E-state index contributed by atoms with van der Waals surface area (Å²) in [6, 6.07) is 5.42. The van der Waals surface area contributed by atoms with Gasteiger partial charge in [0.05, 0.1) is 29.4 Å². The highest BCUT2D eigenvalue weighted by Gasteiger charge is 2.33. The number of aromatic nitrogens is 4. The van der Waals surface area contributed by atoms with Gasteiger partial charge in [0.1, 0.15) is 17.3 Å². The van der Waals surface area contributed by atoms with Crippen LogP contribution >= 0.6 is 0 Å². The Morgan fingerprint density at radius 3 is 2.91 bits per heavy atom. The van der Waals surface area contributed by atoms with Gasteiger partial charge in [-0.25, -0.2) is 9.97 Å². The molecule has 0 saturated carbocycles. The zero-order valence-corrected chi connectivity index (χ0v) is 18.2. The maximum atomic E-state index is 12.9. The van der Waals surface area contributed by atoms with Crippen LogP contribution in [0.25, 0.3) is 28.1 Å². The van der Waals surface area contributed by atoms with E-state index in [0.717, 1.165) is 24.8 Å². The highest BCUT2D eigenvalue weighted by atomic mass is 16.2. The standard InChI is InChI=1S/C24H23N7O2/c1-14(24(33)31-12-15(9-25)13-31)29-23(32)18-10-27-22-21(18)30-20(11-28-22)19-8-17(6-7-26-19)16-4-2-3-5-16/h4,6-8,10-11,14-15H,2-3,5,12-13H2,1H3,(H,27,28)(H,29,32)/t14-/m1/s1. The number of aromatic amines is 1. The average molecular weight is 441 g/mol. The quantitative estimate of drug-likeness (QED) is 0.627. The molecule has 5 rings (SSSR count). The maximum Gasteiger partial charge on any atom is 0.255 e. The van der Waals surface area contributed by atoms with Gasteiger partial charge in [0.25, 0.3) is 5.91 Å². The number of carbonyl (C=O) groups is 2. The molecule has 9 heteroatoms. The first-order chi connectivity index (χ1) is 16.0. The maximum absolute atomic E-state index is 12.9. The number of pyridine rings is 1. The highest BCUT2D eigenvalue weighted by Crippen LogP contribution is 2.29. The van der Waals surface area contributed by atoms with Crippen molar-refractivity contribution in [1.82, 2.24) is 30.2 Å². The van der Waals surface area contributed by atoms with Gasteiger partial charge < -0.3 is 15.2 Å². The lowest BCUT2D eigenvalue weighted by molar-refractivity contribution is -0.137. The van der Waals surface area contributed by atoms with Crippen LogP contribution < -0.4 is 5.32 Å². The van der Waals surface area contributed by atoms with Crippen LogP contribution in [0.4, 0.5) is 0 Å². The van der Waals surface area contributed by atoms with E-state index in [-0.39, 0.29) is 11.8 Å². The summed E-state index contributed by atoms with van der Waals surface area (Å²) in [5.41, 5.74) is 4.92. The van der Waals surface area contributed by atoms with Gasteiger partial charge in [-0.15, -0.1) is 0 Å². The number of amides is 2. The minimum Gasteiger partial charge on any atom is -0.344 e. The molecule has 33 heavy (non-hydrogen) atoms. The van der Waals surface area contributed by atoms with Gasteiger partial charge in [-0.2, -0.15) is 5.26 Å². The van der Waals surface area contributed by atoms with Gasteiger partial charge in [0.2, 0.25) is 5.91 Å². The number of nitrogens with zero attached hydrogens (tertiary/aromatic N) is 5. The Hall–Kier alpha value is -4.06. The van der Waals surface area contributed by atoms with Crippen LogP contribution in [0.15, 0.2) is 36.8 Å². The number of carbonyl (C=O) groups excluding carboxylic acids is 2. The number of allylic oxidation sites excluding steroid dienone is 2. The third kappa shape index (κ3) is 3.96. The smallest absolute Gasteiger partial charge is 0.255 e. The van der Waals surface area contributed by atoms with Crippen LogP contribution in [0, 0.1) is 17.2 Å². The van der Waals surface area contributed by atoms with E-state index in [9.17, 15) is 9.59 Å². The lowest BCUT2D eigenvalue weighted by Gasteiger charge is -2.37. The summed E-state index contributed by atoms with van der Waals surface area (Å²) in [7, 11) is 0. The van der Waals surface area contributed by atoms with Crippen LogP contribution in [-0.4, -0.2) is 55.8 Å². The van der Waals surface area contributed by atoms with E-state index in [4.69, 9.17) is 5.26 Å². The van der Waals surface area contributed by atoms with Crippen molar-refractivity contribution in [3.63, 3.8) is 0 Å². The van der Waals surface area contributed by atoms with Crippen molar-refractivity contribution in [3.05, 3.63) is 47.9 Å². The number of hydrogen-bond donors (Lipinski definition) is 2. The SMILES string of the molecule is C[C@@H](NC(=O)c1c[nH]c2ncc(-c3cc(C4=CCCC4)ccn3)nc12)C(=O)N1CC(C#N)C1. The summed E-state index contributed by atoms with van der Waals surface area (Å²) < 4.78 is 0. The number of nitrogens with one attached hydrogen (secondary N) is 2. The summed E-state index contributed by atoms with van der Waals surface area (Å²) in [6.07, 6.45) is 10.5. The predicted octanol–water partition coefficient (Wildman–Crippen LogP) is 2.69. The molecule has 0 radical (unpaired) electrons. The zero-order chi connectivity index (χ0) is 22.9. The predicted molar refractivity (Wildman–Crippen MR) is 122 cm³/mol. The molecule has 1 aliphatic heterocycles. The molecular weight excluding hydrogens is 418 g/mol. The second kappa shape index (κ2) is 8.47. The Balaban J connectivity index is 1.36. The molecule has 166 valence electrons. The van der Waals surface area contributed by atoms with Gasteiger partial charge in [-0.3, -0.25) is 14.6 Å². The fourth-order valence-electron chi connectivity index (χ4n) is 4.24. The van der Waals surface area contributed by atoms with E-state index in [1.165, 1.54) is 5.57 Å². The van der Waals surface area contributed by atoms with Crippen LogP contribution in [0.1, 0.15) is 42.1 Å². The van der Waals surface area contributed by atoms with Crippen LogP contribution in [0.2, 0.25) is 0 Å². The molecule has 1 aliphatic carbocycles. The van der Waals surface area contributed by atoms with Crippen molar-refractivity contribution in [2.24, 2.45) is 5.92 Å². The van der Waals surface area contributed by atoms with Gasteiger partial charge in [0, 0.05) is 25.5 Å². The van der Waals surface area contributed by atoms with E-state index >= 15 is 0 Å². The largest absolute Gasteiger partial charge is 0.344 e. The highest BCUT2D eigenvalue weighted by molar-refractivity contribution is 6.06. The van der Waals surface area contributed by atoms with Crippen LogP contribution in [-0.2, 0) is 4.79 Å². The first kappa shape index (κ1) is 20.8. The summed E-state index contributed by atoms with van der Waals surface area (Å²) in [5.74, 6) is -0.747. The van der Waals surface area contributed by atoms with Gasteiger partial charge in [-0.05, 0) is 49.5 Å². The topological polar surface area (TPSA) is 128 Å². The van der Waals surface area contributed by atoms with E-state index < -0.39 is 11.9 Å². The second-order valence-corrected chi connectivity index (χ2v) is 8.47. The number of hydrogen-bond acceptors (Lipinski definition) is 6. The fourth-order valence-corrected chi connectivity index (χ4v) is 4.24. The van der Waals surface area contributed by atoms with Crippen LogP contribution in [0.3, 0.4) is 0 Å². The third-order valence-corrected chi connectivity index (χ3v) is 6.15. The number of H-pyrrole nitrogens is 1. The van der Waals surface area contributed by atoms with Crippen molar-refractivity contribution in [2.75, 3.05) is 13.1 Å². The minimum absolute atomic E-state index is 0.128. The minimum atomic E-state index is -0.712. The summed E-state index contributed by atoms with van der Waals surface area (Å²) in [4.78, 5) is 43.5. The average Bonchev–Trinajstić information content (AvgIpc) is 3.48. The van der Waals surface area contributed by atoms with E-state index in [1.807, 2.05) is 12.1 Å².